The van der Waals surface area contributed by atoms with E-state index in [0.717, 1.165) is 23.5 Å². The predicted octanol–water partition coefficient (Wildman–Crippen LogP) is 16.8. The van der Waals surface area contributed by atoms with E-state index in [0.29, 0.717) is 5.92 Å². The van der Waals surface area contributed by atoms with Gasteiger partial charge in [-0.25, -0.2) is 0 Å². The van der Waals surface area contributed by atoms with Crippen LogP contribution in [0.15, 0.2) is 243 Å². The van der Waals surface area contributed by atoms with Gasteiger partial charge in [0, 0.05) is 28.3 Å². The number of hydrogen-bond donors (Lipinski definition) is 0. The van der Waals surface area contributed by atoms with E-state index in [1.54, 1.807) is 0 Å². The molecule has 9 aromatic carbocycles. The van der Waals surface area contributed by atoms with Crippen molar-refractivity contribution in [3.05, 3.63) is 282 Å². The van der Waals surface area contributed by atoms with E-state index in [2.05, 4.69) is 261 Å². The van der Waals surface area contributed by atoms with Crippen LogP contribution in [0.2, 0.25) is 0 Å². The molecule has 2 unspecified atom stereocenters. The van der Waals surface area contributed by atoms with E-state index in [1.807, 2.05) is 0 Å². The molecule has 65 heavy (non-hydrogen) atoms. The number of rotatable bonds is 8. The summed E-state index contributed by atoms with van der Waals surface area (Å²) in [5.41, 5.74) is 21.8. The molecule has 0 N–H and O–H groups in total. The highest BCUT2D eigenvalue weighted by molar-refractivity contribution is 5.94. The normalized spacial score (nSPS) is 17.2. The first-order valence-electron chi connectivity index (χ1n) is 23.0. The lowest BCUT2D eigenvalue weighted by molar-refractivity contribution is 0.660. The molecule has 12 rings (SSSR count). The Morgan fingerprint density at radius 2 is 0.908 bits per heavy atom. The lowest BCUT2D eigenvalue weighted by atomic mass is 9.65. The average Bonchev–Trinajstić information content (AvgIpc) is 3.80. The molecule has 0 heterocycles. The molecule has 0 spiro atoms. The molecule has 0 saturated heterocycles. The highest BCUT2D eigenvalue weighted by Gasteiger charge is 2.48. The molecule has 1 nitrogen and oxygen atoms in total. The molecule has 0 bridgehead atoms. The van der Waals surface area contributed by atoms with Crippen molar-refractivity contribution in [2.24, 2.45) is 0 Å². The van der Waals surface area contributed by atoms with Crippen molar-refractivity contribution >= 4 is 17.1 Å². The van der Waals surface area contributed by atoms with E-state index in [9.17, 15) is 0 Å². The molecule has 3 aliphatic rings. The molecule has 9 aromatic rings. The van der Waals surface area contributed by atoms with Gasteiger partial charge in [-0.05, 0) is 115 Å². The van der Waals surface area contributed by atoms with E-state index in [-0.39, 0.29) is 5.41 Å². The van der Waals surface area contributed by atoms with E-state index in [4.69, 9.17) is 0 Å². The van der Waals surface area contributed by atoms with Crippen molar-refractivity contribution in [1.29, 1.82) is 0 Å². The summed E-state index contributed by atoms with van der Waals surface area (Å²) in [7, 11) is 0. The van der Waals surface area contributed by atoms with Crippen molar-refractivity contribution in [2.75, 3.05) is 4.90 Å². The Hall–Kier alpha value is -7.74. The quantitative estimate of drug-likeness (QED) is 0.147. The van der Waals surface area contributed by atoms with Crippen molar-refractivity contribution < 1.29 is 0 Å². The second kappa shape index (κ2) is 15.5. The fourth-order valence-corrected chi connectivity index (χ4v) is 11.4. The first-order valence-corrected chi connectivity index (χ1v) is 23.0. The third-order valence-electron chi connectivity index (χ3n) is 14.5. The summed E-state index contributed by atoms with van der Waals surface area (Å²) in [6.07, 6.45) is 10.0. The van der Waals surface area contributed by atoms with Gasteiger partial charge in [-0.1, -0.05) is 226 Å². The van der Waals surface area contributed by atoms with Crippen LogP contribution in [0, 0.1) is 0 Å². The predicted molar refractivity (Wildman–Crippen MR) is 273 cm³/mol. The van der Waals surface area contributed by atoms with Gasteiger partial charge in [0.05, 0.1) is 11.1 Å². The van der Waals surface area contributed by atoms with Gasteiger partial charge in [-0.2, -0.15) is 0 Å². The van der Waals surface area contributed by atoms with E-state index >= 15 is 0 Å². The van der Waals surface area contributed by atoms with Crippen LogP contribution < -0.4 is 4.90 Å². The zero-order valence-electron chi connectivity index (χ0n) is 36.8. The minimum atomic E-state index is -0.648. The Morgan fingerprint density at radius 3 is 1.58 bits per heavy atom. The maximum atomic E-state index is 2.55. The summed E-state index contributed by atoms with van der Waals surface area (Å²) in [5, 5.41) is 0. The molecule has 0 radical (unpaired) electrons. The minimum Gasteiger partial charge on any atom is -0.310 e. The third kappa shape index (κ3) is 6.14. The molecule has 0 amide bonds. The van der Waals surface area contributed by atoms with Crippen LogP contribution in [0.5, 0.6) is 0 Å². The highest BCUT2D eigenvalue weighted by Crippen LogP contribution is 2.60. The largest absolute Gasteiger partial charge is 0.310 e. The fraction of sp³-hybridized carbons (Fsp3) is 0.0938. The average molecular weight is 832 g/mol. The standard InChI is InChI=1S/C64H49N/c1-63(2)57-32-18-15-30-53(57)55-39-36-49(42-59(55)63)65(62-34-20-17-29-52(62)46-25-11-5-12-26-46)50-37-40-56-54-31-16-19-33-58(54)64(61(56)43-50,48-27-13-6-14-28-48)60-41-47(44-21-7-3-8-22-44)35-38-51(60)45-23-9-4-10-24-45/h3-21,23-44H,22H2,1-2H3. The summed E-state index contributed by atoms with van der Waals surface area (Å²) >= 11 is 0. The molecule has 2 atom stereocenters. The molecular formula is C64H49N. The molecule has 3 aliphatic carbocycles. The van der Waals surface area contributed by atoms with Crippen molar-refractivity contribution in [3.63, 3.8) is 0 Å². The second-order valence-electron chi connectivity index (χ2n) is 18.3. The molecule has 0 aliphatic heterocycles. The van der Waals surface area contributed by atoms with Gasteiger partial charge >= 0.3 is 0 Å². The van der Waals surface area contributed by atoms with E-state index in [1.165, 1.54) is 83.5 Å². The number of allylic oxidation sites excluding steroid dienone is 4. The van der Waals surface area contributed by atoms with Crippen LogP contribution in [-0.2, 0) is 10.8 Å². The first-order chi connectivity index (χ1) is 32.0. The topological polar surface area (TPSA) is 3.24 Å². The van der Waals surface area contributed by atoms with E-state index < -0.39 is 5.41 Å². The maximum absolute atomic E-state index is 2.55. The molecule has 0 fully saturated rings. The number of benzene rings is 9. The lowest BCUT2D eigenvalue weighted by Crippen LogP contribution is -2.30. The smallest absolute Gasteiger partial charge is 0.0720 e. The first kappa shape index (κ1) is 38.9. The van der Waals surface area contributed by atoms with Crippen molar-refractivity contribution in [1.82, 2.24) is 0 Å². The van der Waals surface area contributed by atoms with Gasteiger partial charge in [0.2, 0.25) is 0 Å². The molecule has 1 heteroatoms. The highest BCUT2D eigenvalue weighted by atomic mass is 15.1. The number of nitrogens with zero attached hydrogens (tertiary/aromatic N) is 1. The Balaban J connectivity index is 1.16. The van der Waals surface area contributed by atoms with Gasteiger partial charge in [0.25, 0.3) is 0 Å². The van der Waals surface area contributed by atoms with Crippen LogP contribution in [0.1, 0.15) is 65.1 Å². The summed E-state index contributed by atoms with van der Waals surface area (Å²) in [6.45, 7) is 4.75. The zero-order chi connectivity index (χ0) is 43.5. The van der Waals surface area contributed by atoms with Gasteiger partial charge in [-0.3, -0.25) is 0 Å². The summed E-state index contributed by atoms with van der Waals surface area (Å²) < 4.78 is 0. The fourth-order valence-electron chi connectivity index (χ4n) is 11.4. The lowest BCUT2D eigenvalue weighted by Gasteiger charge is -2.37. The zero-order valence-corrected chi connectivity index (χ0v) is 36.8. The van der Waals surface area contributed by atoms with Gasteiger partial charge in [0.1, 0.15) is 0 Å². The molecular weight excluding hydrogens is 783 g/mol. The van der Waals surface area contributed by atoms with Crippen LogP contribution in [0.25, 0.3) is 44.5 Å². The molecule has 310 valence electrons. The minimum absolute atomic E-state index is 0.156. The summed E-state index contributed by atoms with van der Waals surface area (Å²) in [6, 6.07) is 81.9. The molecule has 0 aromatic heterocycles. The Labute approximate surface area is 383 Å². The summed E-state index contributed by atoms with van der Waals surface area (Å²) in [5.74, 6) is 0.291. The Morgan fingerprint density at radius 1 is 0.400 bits per heavy atom. The van der Waals surface area contributed by atoms with Gasteiger partial charge in [0.15, 0.2) is 0 Å². The number of hydrogen-bond acceptors (Lipinski definition) is 1. The molecule has 0 saturated carbocycles. The Kier molecular flexibility index (Phi) is 9.28. The van der Waals surface area contributed by atoms with Crippen LogP contribution in [-0.4, -0.2) is 0 Å². The van der Waals surface area contributed by atoms with Crippen molar-refractivity contribution in [3.8, 4) is 44.5 Å². The number of para-hydroxylation sites is 1. The van der Waals surface area contributed by atoms with Gasteiger partial charge in [-0.15, -0.1) is 0 Å². The monoisotopic (exact) mass is 831 g/mol. The number of anilines is 3. The number of fused-ring (bicyclic) bond motifs is 6. The SMILES string of the molecule is CC1(C)c2ccccc2-c2ccc(N(c3ccc4c(c3)C(c3ccccc3)(c3cc(C5C=CC=CC5)ccc3-c3ccccc3)c3ccccc3-4)c3ccccc3-c3ccccc3)cc21. The Bertz CT molecular complexity index is 3320. The van der Waals surface area contributed by atoms with Crippen molar-refractivity contribution in [2.45, 2.75) is 37.0 Å². The summed E-state index contributed by atoms with van der Waals surface area (Å²) in [4.78, 5) is 2.52. The van der Waals surface area contributed by atoms with Gasteiger partial charge < -0.3 is 4.90 Å². The van der Waals surface area contributed by atoms with Crippen LogP contribution in [0.3, 0.4) is 0 Å². The second-order valence-corrected chi connectivity index (χ2v) is 18.3. The maximum Gasteiger partial charge on any atom is 0.0720 e. The third-order valence-corrected chi connectivity index (χ3v) is 14.5. The van der Waals surface area contributed by atoms with Crippen LogP contribution >= 0.6 is 0 Å². The van der Waals surface area contributed by atoms with Crippen LogP contribution in [0.4, 0.5) is 17.1 Å².